The summed E-state index contributed by atoms with van der Waals surface area (Å²) >= 11 is 0. The number of aryl methyl sites for hydroxylation is 2. The maximum absolute atomic E-state index is 13.7. The molecule has 1 heterocycles. The topological polar surface area (TPSA) is 60.9 Å². The Balaban J connectivity index is 1.56. The Hall–Kier alpha value is -3.37. The van der Waals surface area contributed by atoms with Crippen molar-refractivity contribution in [2.75, 3.05) is 0 Å². The molecule has 0 aromatic heterocycles. The smallest absolute Gasteiger partial charge is 0.128 e. The van der Waals surface area contributed by atoms with Crippen LogP contribution in [0.25, 0.3) is 0 Å². The Bertz CT molecular complexity index is 1460. The predicted octanol–water partition coefficient (Wildman–Crippen LogP) is 6.16. The third-order valence-corrected chi connectivity index (χ3v) is 9.21. The van der Waals surface area contributed by atoms with Gasteiger partial charge in [0.05, 0.1) is 39.4 Å². The standard InChI is InChI=1S/C29H24N2O2S2/c1-20-7-15-24(16-8-20)34(32)27-6-4-3-5-26(27)29-28(23-13-11-22(19-30)12-14-23)31(29)35(33)25-17-9-21(2)10-18-25/h3-18,28-29H,1-2H3/t28-,29-,31?,34?,35?/m1/s1. The van der Waals surface area contributed by atoms with Crippen molar-refractivity contribution in [1.82, 2.24) is 4.31 Å². The molecule has 4 aromatic rings. The fourth-order valence-electron chi connectivity index (χ4n) is 4.27. The summed E-state index contributed by atoms with van der Waals surface area (Å²) < 4.78 is 29.3. The molecule has 1 saturated heterocycles. The SMILES string of the molecule is Cc1ccc(S(=O)c2ccccc2[C@@H]2[C@@H](c3ccc(C#N)cc3)N2S(=O)c2ccc(C)cc2)cc1. The molecule has 0 amide bonds. The van der Waals surface area contributed by atoms with E-state index in [1.54, 1.807) is 12.1 Å². The van der Waals surface area contributed by atoms with E-state index in [2.05, 4.69) is 6.07 Å². The van der Waals surface area contributed by atoms with Gasteiger partial charge in [0.15, 0.2) is 0 Å². The van der Waals surface area contributed by atoms with Crippen molar-refractivity contribution in [2.24, 2.45) is 0 Å². The molecule has 0 aliphatic carbocycles. The van der Waals surface area contributed by atoms with Crippen molar-refractivity contribution < 1.29 is 8.42 Å². The first-order valence-corrected chi connectivity index (χ1v) is 13.6. The van der Waals surface area contributed by atoms with Gasteiger partial charge in [0.1, 0.15) is 11.0 Å². The van der Waals surface area contributed by atoms with Crippen LogP contribution >= 0.6 is 0 Å². The highest BCUT2D eigenvalue weighted by molar-refractivity contribution is 7.85. The molecule has 1 aliphatic heterocycles. The molecule has 0 bridgehead atoms. The first-order chi connectivity index (χ1) is 17.0. The summed E-state index contributed by atoms with van der Waals surface area (Å²) in [6.45, 7) is 4.01. The van der Waals surface area contributed by atoms with Crippen LogP contribution in [0.3, 0.4) is 0 Å². The zero-order chi connectivity index (χ0) is 24.5. The second-order valence-corrected chi connectivity index (χ2v) is 11.5. The largest absolute Gasteiger partial charge is 0.249 e. The van der Waals surface area contributed by atoms with Crippen LogP contribution in [0.5, 0.6) is 0 Å². The molecular formula is C29H24N2O2S2. The van der Waals surface area contributed by atoms with Gasteiger partial charge in [-0.2, -0.15) is 5.26 Å². The Morgan fingerprint density at radius 1 is 0.714 bits per heavy atom. The maximum Gasteiger partial charge on any atom is 0.128 e. The van der Waals surface area contributed by atoms with Crippen LogP contribution in [0, 0.1) is 25.2 Å². The highest BCUT2D eigenvalue weighted by atomic mass is 32.2. The highest BCUT2D eigenvalue weighted by Crippen LogP contribution is 2.57. The van der Waals surface area contributed by atoms with Gasteiger partial charge in [0.25, 0.3) is 0 Å². The number of hydrogen-bond acceptors (Lipinski definition) is 3. The van der Waals surface area contributed by atoms with Crippen molar-refractivity contribution in [3.8, 4) is 6.07 Å². The highest BCUT2D eigenvalue weighted by Gasteiger charge is 2.54. The normalized spacial score (nSPS) is 20.5. The molecule has 3 unspecified atom stereocenters. The Kier molecular flexibility index (Phi) is 6.48. The third kappa shape index (κ3) is 4.63. The lowest BCUT2D eigenvalue weighted by atomic mass is 10.0. The van der Waals surface area contributed by atoms with Crippen LogP contribution in [-0.2, 0) is 21.8 Å². The first-order valence-electron chi connectivity index (χ1n) is 11.3. The molecule has 1 fully saturated rings. The Morgan fingerprint density at radius 2 is 1.29 bits per heavy atom. The average Bonchev–Trinajstić information content (AvgIpc) is 3.64. The molecule has 174 valence electrons. The summed E-state index contributed by atoms with van der Waals surface area (Å²) in [6.07, 6.45) is 0. The van der Waals surface area contributed by atoms with Crippen molar-refractivity contribution >= 4 is 21.8 Å². The van der Waals surface area contributed by atoms with Gasteiger partial charge in [0, 0.05) is 9.79 Å². The fraction of sp³-hybridized carbons (Fsp3) is 0.138. The Labute approximate surface area is 210 Å². The van der Waals surface area contributed by atoms with E-state index in [1.165, 1.54) is 0 Å². The van der Waals surface area contributed by atoms with Gasteiger partial charge in [-0.05, 0) is 67.4 Å². The second kappa shape index (κ2) is 9.71. The number of benzene rings is 4. The fourth-order valence-corrected chi connectivity index (χ4v) is 6.95. The van der Waals surface area contributed by atoms with E-state index in [-0.39, 0.29) is 12.1 Å². The number of rotatable bonds is 6. The minimum atomic E-state index is -1.40. The molecular weight excluding hydrogens is 472 g/mol. The molecule has 5 rings (SSSR count). The van der Waals surface area contributed by atoms with E-state index < -0.39 is 21.8 Å². The van der Waals surface area contributed by atoms with Crippen molar-refractivity contribution in [2.45, 2.75) is 40.6 Å². The van der Waals surface area contributed by atoms with Gasteiger partial charge in [-0.1, -0.05) is 65.7 Å². The van der Waals surface area contributed by atoms with E-state index in [0.717, 1.165) is 36.9 Å². The maximum atomic E-state index is 13.7. The van der Waals surface area contributed by atoms with E-state index >= 15 is 0 Å². The number of nitriles is 1. The summed E-state index contributed by atoms with van der Waals surface area (Å²) in [4.78, 5) is 2.20. The van der Waals surface area contributed by atoms with Gasteiger partial charge in [-0.25, -0.2) is 12.7 Å². The molecule has 5 atom stereocenters. The summed E-state index contributed by atoms with van der Waals surface area (Å²) in [5.41, 5.74) is 4.68. The van der Waals surface area contributed by atoms with Crippen LogP contribution in [0.2, 0.25) is 0 Å². The molecule has 4 nitrogen and oxygen atoms in total. The molecule has 1 aliphatic rings. The van der Waals surface area contributed by atoms with Crippen LogP contribution < -0.4 is 0 Å². The molecule has 0 N–H and O–H groups in total. The van der Waals surface area contributed by atoms with E-state index in [4.69, 9.17) is 0 Å². The summed E-state index contributed by atoms with van der Waals surface area (Å²) in [5.74, 6) is 0. The van der Waals surface area contributed by atoms with Gasteiger partial charge in [-0.15, -0.1) is 0 Å². The summed E-state index contributed by atoms with van der Waals surface area (Å²) in [5, 5.41) is 9.20. The predicted molar refractivity (Wildman–Crippen MR) is 138 cm³/mol. The van der Waals surface area contributed by atoms with Crippen LogP contribution in [-0.4, -0.2) is 12.7 Å². The van der Waals surface area contributed by atoms with Gasteiger partial charge < -0.3 is 0 Å². The lowest BCUT2D eigenvalue weighted by Crippen LogP contribution is -2.06. The van der Waals surface area contributed by atoms with Crippen molar-refractivity contribution in [3.05, 3.63) is 125 Å². The third-order valence-electron chi connectivity index (χ3n) is 6.23. The molecule has 0 spiro atoms. The molecule has 0 saturated carbocycles. The first kappa shape index (κ1) is 23.4. The summed E-state index contributed by atoms with van der Waals surface area (Å²) in [7, 11) is -2.77. The average molecular weight is 497 g/mol. The Morgan fingerprint density at radius 3 is 1.89 bits per heavy atom. The lowest BCUT2D eigenvalue weighted by Gasteiger charge is -2.10. The van der Waals surface area contributed by atoms with E-state index in [0.29, 0.717) is 5.56 Å². The number of nitrogens with zero attached hydrogens (tertiary/aromatic N) is 2. The van der Waals surface area contributed by atoms with Crippen molar-refractivity contribution in [3.63, 3.8) is 0 Å². The zero-order valence-electron chi connectivity index (χ0n) is 19.4. The quantitative estimate of drug-likeness (QED) is 0.300. The van der Waals surface area contributed by atoms with E-state index in [1.807, 2.05) is 103 Å². The van der Waals surface area contributed by atoms with Crippen molar-refractivity contribution in [1.29, 1.82) is 5.26 Å². The zero-order valence-corrected chi connectivity index (χ0v) is 21.1. The van der Waals surface area contributed by atoms with Gasteiger partial charge in [0.2, 0.25) is 0 Å². The molecule has 6 heteroatoms. The molecule has 0 radical (unpaired) electrons. The molecule has 4 aromatic carbocycles. The summed E-state index contributed by atoms with van der Waals surface area (Å²) in [6, 6.07) is 32.4. The minimum absolute atomic E-state index is 0.152. The minimum Gasteiger partial charge on any atom is -0.249 e. The molecule has 35 heavy (non-hydrogen) atoms. The number of hydrogen-bond donors (Lipinski definition) is 0. The van der Waals surface area contributed by atoms with Gasteiger partial charge >= 0.3 is 0 Å². The van der Waals surface area contributed by atoms with Crippen LogP contribution in [0.1, 0.15) is 39.9 Å². The monoisotopic (exact) mass is 496 g/mol. The van der Waals surface area contributed by atoms with Crippen LogP contribution in [0.15, 0.2) is 112 Å². The van der Waals surface area contributed by atoms with Crippen LogP contribution in [0.4, 0.5) is 0 Å². The second-order valence-electron chi connectivity index (χ2n) is 8.67. The van der Waals surface area contributed by atoms with Gasteiger partial charge in [-0.3, -0.25) is 0 Å². The van der Waals surface area contributed by atoms with E-state index in [9.17, 15) is 13.7 Å². The lowest BCUT2D eigenvalue weighted by molar-refractivity contribution is 0.637.